The van der Waals surface area contributed by atoms with E-state index >= 15 is 0 Å². The van der Waals surface area contributed by atoms with E-state index in [9.17, 15) is 5.11 Å². The van der Waals surface area contributed by atoms with Crippen molar-refractivity contribution in [3.63, 3.8) is 0 Å². The monoisotopic (exact) mass is 375 g/mol. The van der Waals surface area contributed by atoms with Crippen LogP contribution in [0.3, 0.4) is 0 Å². The summed E-state index contributed by atoms with van der Waals surface area (Å²) in [6.45, 7) is 6.74. The predicted octanol–water partition coefficient (Wildman–Crippen LogP) is 4.15. The summed E-state index contributed by atoms with van der Waals surface area (Å²) in [4.78, 5) is 12.8. The summed E-state index contributed by atoms with van der Waals surface area (Å²) in [5.74, 6) is 0.978. The molecule has 144 valence electrons. The van der Waals surface area contributed by atoms with Crippen LogP contribution in [-0.2, 0) is 12.0 Å². The topological polar surface area (TPSA) is 68.1 Å². The molecule has 5 nitrogen and oxygen atoms in total. The number of ether oxygens (including phenoxy) is 1. The lowest BCUT2D eigenvalue weighted by atomic mass is 9.70. The Hall–Kier alpha value is -2.79. The molecule has 1 N–H and O–H groups in total. The summed E-state index contributed by atoms with van der Waals surface area (Å²) in [5, 5.41) is 11.7. The Labute approximate surface area is 165 Å². The highest BCUT2D eigenvalue weighted by molar-refractivity contribution is 5.65. The summed E-state index contributed by atoms with van der Waals surface area (Å²) in [7, 11) is 0. The van der Waals surface area contributed by atoms with Gasteiger partial charge in [0.05, 0.1) is 12.3 Å². The van der Waals surface area contributed by atoms with Gasteiger partial charge < -0.3 is 9.84 Å². The second-order valence-corrected chi connectivity index (χ2v) is 8.29. The molecule has 0 spiro atoms. The van der Waals surface area contributed by atoms with E-state index < -0.39 is 11.0 Å². The predicted molar refractivity (Wildman–Crippen MR) is 108 cm³/mol. The van der Waals surface area contributed by atoms with Gasteiger partial charge in [-0.05, 0) is 42.2 Å². The zero-order chi connectivity index (χ0) is 19.8. The maximum absolute atomic E-state index is 11.7. The van der Waals surface area contributed by atoms with E-state index in [0.717, 1.165) is 36.3 Å². The first-order valence-electron chi connectivity index (χ1n) is 9.60. The first-order valence-corrected chi connectivity index (χ1v) is 9.60. The minimum Gasteiger partial charge on any atom is -0.493 e. The Morgan fingerprint density at radius 3 is 2.39 bits per heavy atom. The molecule has 0 saturated heterocycles. The van der Waals surface area contributed by atoms with Gasteiger partial charge in [0, 0.05) is 35.1 Å². The van der Waals surface area contributed by atoms with Crippen LogP contribution < -0.4 is 4.74 Å². The molecule has 0 bridgehead atoms. The number of fused-ring (bicyclic) bond motifs is 1. The van der Waals surface area contributed by atoms with Gasteiger partial charge in [-0.3, -0.25) is 4.98 Å². The molecule has 0 amide bonds. The lowest BCUT2D eigenvalue weighted by Crippen LogP contribution is -2.42. The van der Waals surface area contributed by atoms with Crippen LogP contribution in [0.15, 0.2) is 55.2 Å². The summed E-state index contributed by atoms with van der Waals surface area (Å²) in [6, 6.07) is 10.2. The fourth-order valence-corrected chi connectivity index (χ4v) is 3.77. The van der Waals surface area contributed by atoms with Crippen LogP contribution in [0.25, 0.3) is 11.1 Å². The smallest absolute Gasteiger partial charge is 0.139 e. The number of rotatable bonds is 3. The fourth-order valence-electron chi connectivity index (χ4n) is 3.77. The van der Waals surface area contributed by atoms with Crippen LogP contribution in [0.4, 0.5) is 0 Å². The number of nitrogens with zero attached hydrogens (tertiary/aromatic N) is 3. The van der Waals surface area contributed by atoms with E-state index in [0.29, 0.717) is 11.3 Å². The van der Waals surface area contributed by atoms with Gasteiger partial charge in [-0.2, -0.15) is 0 Å². The maximum Gasteiger partial charge on any atom is 0.139 e. The number of hydrogen-bond acceptors (Lipinski definition) is 5. The van der Waals surface area contributed by atoms with Gasteiger partial charge in [0.25, 0.3) is 0 Å². The summed E-state index contributed by atoms with van der Waals surface area (Å²) in [5.41, 5.74) is 2.78. The highest BCUT2D eigenvalue weighted by Crippen LogP contribution is 2.43. The second-order valence-electron chi connectivity index (χ2n) is 8.29. The SMILES string of the molecule is CC(C)(C)C(O)(c1cncnc1)c1ccc(-c2ccc3c(c2)CCCO3)cn1. The summed E-state index contributed by atoms with van der Waals surface area (Å²) < 4.78 is 5.70. The molecular weight excluding hydrogens is 350 g/mol. The van der Waals surface area contributed by atoms with Gasteiger partial charge in [-0.15, -0.1) is 0 Å². The lowest BCUT2D eigenvalue weighted by Gasteiger charge is -2.39. The summed E-state index contributed by atoms with van der Waals surface area (Å²) >= 11 is 0. The molecule has 28 heavy (non-hydrogen) atoms. The van der Waals surface area contributed by atoms with Gasteiger partial charge >= 0.3 is 0 Å². The molecule has 4 rings (SSSR count). The fraction of sp³-hybridized carbons (Fsp3) is 0.348. The average Bonchev–Trinajstić information content (AvgIpc) is 2.73. The quantitative estimate of drug-likeness (QED) is 0.745. The molecule has 0 fully saturated rings. The van der Waals surface area contributed by atoms with Gasteiger partial charge in [-0.25, -0.2) is 9.97 Å². The molecule has 0 saturated carbocycles. The molecular formula is C23H25N3O2. The van der Waals surface area contributed by atoms with Crippen molar-refractivity contribution in [3.8, 4) is 16.9 Å². The van der Waals surface area contributed by atoms with E-state index in [1.807, 2.05) is 45.2 Å². The molecule has 5 heteroatoms. The number of aryl methyl sites for hydroxylation is 1. The second kappa shape index (κ2) is 6.99. The highest BCUT2D eigenvalue weighted by Gasteiger charge is 2.45. The number of aliphatic hydroxyl groups is 1. The maximum atomic E-state index is 11.7. The third kappa shape index (κ3) is 3.16. The van der Waals surface area contributed by atoms with Crippen LogP contribution >= 0.6 is 0 Å². The minimum absolute atomic E-state index is 0.491. The van der Waals surface area contributed by atoms with Gasteiger partial charge in [-0.1, -0.05) is 32.9 Å². The van der Waals surface area contributed by atoms with Gasteiger partial charge in [0.2, 0.25) is 0 Å². The van der Waals surface area contributed by atoms with E-state index in [1.54, 1.807) is 12.4 Å². The molecule has 1 aliphatic rings. The molecule has 0 aliphatic carbocycles. The Kier molecular flexibility index (Phi) is 4.63. The zero-order valence-corrected chi connectivity index (χ0v) is 16.5. The van der Waals surface area contributed by atoms with Gasteiger partial charge in [0.15, 0.2) is 0 Å². The zero-order valence-electron chi connectivity index (χ0n) is 16.5. The number of hydrogen-bond donors (Lipinski definition) is 1. The number of benzene rings is 1. The van der Waals surface area contributed by atoms with E-state index in [1.165, 1.54) is 11.9 Å². The molecule has 2 aromatic heterocycles. The van der Waals surface area contributed by atoms with E-state index in [2.05, 4.69) is 27.1 Å². The van der Waals surface area contributed by atoms with E-state index in [-0.39, 0.29) is 0 Å². The van der Waals surface area contributed by atoms with Crippen molar-refractivity contribution in [2.75, 3.05) is 6.61 Å². The van der Waals surface area contributed by atoms with Crippen molar-refractivity contribution in [2.45, 2.75) is 39.2 Å². The normalized spacial score (nSPS) is 16.0. The Morgan fingerprint density at radius 1 is 0.964 bits per heavy atom. The standard InChI is InChI=1S/C23H25N3O2/c1-22(2,3)23(27,19-13-24-15-25-14-19)21-9-7-18(12-26-21)16-6-8-20-17(11-16)5-4-10-28-20/h6-9,11-15,27H,4-5,10H2,1-3H3. The largest absolute Gasteiger partial charge is 0.493 e. The van der Waals surface area contributed by atoms with Crippen molar-refractivity contribution >= 4 is 0 Å². The van der Waals surface area contributed by atoms with Crippen molar-refractivity contribution in [1.82, 2.24) is 15.0 Å². The van der Waals surface area contributed by atoms with Gasteiger partial charge in [0.1, 0.15) is 17.7 Å². The highest BCUT2D eigenvalue weighted by atomic mass is 16.5. The first-order chi connectivity index (χ1) is 13.4. The minimum atomic E-state index is -1.30. The van der Waals surface area contributed by atoms with Crippen LogP contribution in [-0.4, -0.2) is 26.7 Å². The Balaban J connectivity index is 1.72. The molecule has 1 unspecified atom stereocenters. The molecule has 3 heterocycles. The molecule has 1 aromatic carbocycles. The molecule has 1 atom stereocenters. The van der Waals surface area contributed by atoms with Crippen molar-refractivity contribution in [1.29, 1.82) is 0 Å². The van der Waals surface area contributed by atoms with Crippen LogP contribution in [0.5, 0.6) is 5.75 Å². The lowest BCUT2D eigenvalue weighted by molar-refractivity contribution is -0.0301. The molecule has 1 aliphatic heterocycles. The third-order valence-electron chi connectivity index (χ3n) is 5.44. The number of pyridine rings is 1. The third-order valence-corrected chi connectivity index (χ3v) is 5.44. The Bertz CT molecular complexity index is 965. The molecule has 3 aromatic rings. The van der Waals surface area contributed by atoms with E-state index in [4.69, 9.17) is 4.74 Å². The van der Waals surface area contributed by atoms with Crippen molar-refractivity contribution < 1.29 is 9.84 Å². The number of aromatic nitrogens is 3. The van der Waals surface area contributed by atoms with Crippen LogP contribution in [0, 0.1) is 5.41 Å². The molecule has 0 radical (unpaired) electrons. The first kappa shape index (κ1) is 18.6. The Morgan fingerprint density at radius 2 is 1.71 bits per heavy atom. The van der Waals surface area contributed by atoms with Crippen LogP contribution in [0.2, 0.25) is 0 Å². The average molecular weight is 375 g/mol. The van der Waals surface area contributed by atoms with Crippen molar-refractivity contribution in [2.24, 2.45) is 5.41 Å². The summed E-state index contributed by atoms with van der Waals surface area (Å²) in [6.07, 6.45) is 8.66. The van der Waals surface area contributed by atoms with Crippen LogP contribution in [0.1, 0.15) is 44.0 Å². The van der Waals surface area contributed by atoms with Crippen molar-refractivity contribution in [3.05, 3.63) is 72.1 Å².